The highest BCUT2D eigenvalue weighted by Crippen LogP contribution is 2.10. The molecule has 0 aliphatic rings. The van der Waals surface area contributed by atoms with Gasteiger partial charge in [-0.25, -0.2) is 0 Å². The molecule has 0 aliphatic carbocycles. The van der Waals surface area contributed by atoms with Crippen molar-refractivity contribution in [2.45, 2.75) is 40.7 Å². The maximum Gasteiger partial charge on any atom is 0.234 e. The van der Waals surface area contributed by atoms with Crippen LogP contribution in [0.5, 0.6) is 0 Å². The van der Waals surface area contributed by atoms with Crippen molar-refractivity contribution in [2.24, 2.45) is 17.6 Å². The number of hydrogen-bond acceptors (Lipinski definition) is 3. The van der Waals surface area contributed by atoms with E-state index in [1.54, 1.807) is 0 Å². The summed E-state index contributed by atoms with van der Waals surface area (Å²) in [5, 5.41) is 2.92. The maximum atomic E-state index is 11.7. The van der Waals surface area contributed by atoms with Crippen LogP contribution in [0.4, 0.5) is 0 Å². The third-order valence-electron chi connectivity index (χ3n) is 3.00. The standard InChI is InChI=1S/C13H29N3O/c1-6-16(8-12(7-14)10(2)3)9-13(17)15-11(4)5/h10-12H,6-9,14H2,1-5H3,(H,15,17). The summed E-state index contributed by atoms with van der Waals surface area (Å²) in [6.45, 7) is 13.3. The summed E-state index contributed by atoms with van der Waals surface area (Å²) in [6.07, 6.45) is 0. The van der Waals surface area contributed by atoms with Gasteiger partial charge in [0.05, 0.1) is 6.54 Å². The van der Waals surface area contributed by atoms with Crippen molar-refractivity contribution >= 4 is 5.91 Å². The monoisotopic (exact) mass is 243 g/mol. The number of nitrogens with zero attached hydrogens (tertiary/aromatic N) is 1. The molecular weight excluding hydrogens is 214 g/mol. The largest absolute Gasteiger partial charge is 0.353 e. The van der Waals surface area contributed by atoms with Crippen molar-refractivity contribution in [1.29, 1.82) is 0 Å². The van der Waals surface area contributed by atoms with Gasteiger partial charge in [-0.2, -0.15) is 0 Å². The molecule has 0 aromatic carbocycles. The molecule has 0 spiro atoms. The smallest absolute Gasteiger partial charge is 0.234 e. The van der Waals surface area contributed by atoms with E-state index in [1.165, 1.54) is 0 Å². The van der Waals surface area contributed by atoms with E-state index in [0.717, 1.165) is 13.1 Å². The third kappa shape index (κ3) is 7.34. The van der Waals surface area contributed by atoms with Crippen LogP contribution in [0.25, 0.3) is 0 Å². The van der Waals surface area contributed by atoms with Crippen molar-refractivity contribution in [3.05, 3.63) is 0 Å². The summed E-state index contributed by atoms with van der Waals surface area (Å²) in [5.74, 6) is 1.12. The van der Waals surface area contributed by atoms with Crippen molar-refractivity contribution in [1.82, 2.24) is 10.2 Å². The summed E-state index contributed by atoms with van der Waals surface area (Å²) < 4.78 is 0. The Labute approximate surface area is 106 Å². The molecule has 0 bridgehead atoms. The number of likely N-dealkylation sites (N-methyl/N-ethyl adjacent to an activating group) is 1. The van der Waals surface area contributed by atoms with Crippen LogP contribution in [0.3, 0.4) is 0 Å². The molecule has 1 amide bonds. The topological polar surface area (TPSA) is 58.4 Å². The second-order valence-electron chi connectivity index (χ2n) is 5.29. The van der Waals surface area contributed by atoms with Gasteiger partial charge in [0, 0.05) is 12.6 Å². The number of amides is 1. The maximum absolute atomic E-state index is 11.7. The number of nitrogens with two attached hydrogens (primary N) is 1. The van der Waals surface area contributed by atoms with Crippen molar-refractivity contribution in [3.63, 3.8) is 0 Å². The Hall–Kier alpha value is -0.610. The molecule has 0 aliphatic heterocycles. The summed E-state index contributed by atoms with van der Waals surface area (Å²) in [4.78, 5) is 13.8. The molecule has 0 saturated carbocycles. The molecular formula is C13H29N3O. The Bertz CT molecular complexity index is 217. The van der Waals surface area contributed by atoms with E-state index in [0.29, 0.717) is 24.9 Å². The highest BCUT2D eigenvalue weighted by Gasteiger charge is 2.17. The molecule has 102 valence electrons. The predicted molar refractivity (Wildman–Crippen MR) is 72.8 cm³/mol. The van der Waals surface area contributed by atoms with E-state index in [-0.39, 0.29) is 11.9 Å². The Balaban J connectivity index is 4.19. The average molecular weight is 243 g/mol. The molecule has 0 fully saturated rings. The van der Waals surface area contributed by atoms with E-state index in [1.807, 2.05) is 13.8 Å². The molecule has 0 heterocycles. The number of rotatable bonds is 8. The summed E-state index contributed by atoms with van der Waals surface area (Å²) in [6, 6.07) is 0.205. The third-order valence-corrected chi connectivity index (χ3v) is 3.00. The van der Waals surface area contributed by atoms with Crippen molar-refractivity contribution in [3.8, 4) is 0 Å². The molecule has 1 atom stereocenters. The van der Waals surface area contributed by atoms with Gasteiger partial charge in [0.15, 0.2) is 0 Å². The van der Waals surface area contributed by atoms with E-state index in [4.69, 9.17) is 5.73 Å². The minimum atomic E-state index is 0.0985. The van der Waals surface area contributed by atoms with Gasteiger partial charge >= 0.3 is 0 Å². The van der Waals surface area contributed by atoms with Gasteiger partial charge in [-0.1, -0.05) is 20.8 Å². The van der Waals surface area contributed by atoms with Gasteiger partial charge in [0.25, 0.3) is 0 Å². The SMILES string of the molecule is CCN(CC(=O)NC(C)C)CC(CN)C(C)C. The molecule has 0 saturated heterocycles. The lowest BCUT2D eigenvalue weighted by molar-refractivity contribution is -0.122. The number of nitrogens with one attached hydrogen (secondary N) is 1. The quantitative estimate of drug-likeness (QED) is 0.670. The lowest BCUT2D eigenvalue weighted by atomic mass is 9.95. The zero-order valence-corrected chi connectivity index (χ0v) is 12.0. The number of carbonyl (C=O) groups excluding carboxylic acids is 1. The first kappa shape index (κ1) is 16.4. The molecule has 4 nitrogen and oxygen atoms in total. The summed E-state index contributed by atoms with van der Waals surface area (Å²) in [7, 11) is 0. The van der Waals surface area contributed by atoms with Gasteiger partial charge in [0.2, 0.25) is 5.91 Å². The lowest BCUT2D eigenvalue weighted by Crippen LogP contribution is -2.43. The van der Waals surface area contributed by atoms with Crippen LogP contribution in [-0.4, -0.2) is 43.0 Å². The average Bonchev–Trinajstić information content (AvgIpc) is 2.22. The van der Waals surface area contributed by atoms with Gasteiger partial charge in [-0.3, -0.25) is 9.69 Å². The van der Waals surface area contributed by atoms with Crippen LogP contribution in [0, 0.1) is 11.8 Å². The molecule has 1 unspecified atom stereocenters. The first-order valence-electron chi connectivity index (χ1n) is 6.62. The number of hydrogen-bond donors (Lipinski definition) is 2. The zero-order valence-electron chi connectivity index (χ0n) is 12.0. The molecule has 17 heavy (non-hydrogen) atoms. The van der Waals surface area contributed by atoms with Crippen molar-refractivity contribution < 1.29 is 4.79 Å². The van der Waals surface area contributed by atoms with Crippen LogP contribution in [0.15, 0.2) is 0 Å². The molecule has 0 aromatic heterocycles. The van der Waals surface area contributed by atoms with Gasteiger partial charge in [-0.05, 0) is 38.8 Å². The fourth-order valence-electron chi connectivity index (χ4n) is 1.77. The minimum absolute atomic E-state index is 0.0985. The van der Waals surface area contributed by atoms with Gasteiger partial charge in [-0.15, -0.1) is 0 Å². The number of carbonyl (C=O) groups is 1. The second kappa shape index (κ2) is 8.48. The van der Waals surface area contributed by atoms with Crippen LogP contribution in [0.2, 0.25) is 0 Å². The molecule has 0 radical (unpaired) electrons. The molecule has 0 rings (SSSR count). The fourth-order valence-corrected chi connectivity index (χ4v) is 1.77. The van der Waals surface area contributed by atoms with E-state index in [2.05, 4.69) is 31.0 Å². The lowest BCUT2D eigenvalue weighted by Gasteiger charge is -2.27. The Morgan fingerprint density at radius 1 is 1.29 bits per heavy atom. The van der Waals surface area contributed by atoms with Gasteiger partial charge in [0.1, 0.15) is 0 Å². The van der Waals surface area contributed by atoms with Gasteiger partial charge < -0.3 is 11.1 Å². The first-order valence-corrected chi connectivity index (χ1v) is 6.62. The van der Waals surface area contributed by atoms with Crippen LogP contribution >= 0.6 is 0 Å². The first-order chi connectivity index (χ1) is 7.90. The van der Waals surface area contributed by atoms with E-state index >= 15 is 0 Å². The summed E-state index contributed by atoms with van der Waals surface area (Å²) >= 11 is 0. The highest BCUT2D eigenvalue weighted by molar-refractivity contribution is 5.78. The van der Waals surface area contributed by atoms with Crippen LogP contribution in [0.1, 0.15) is 34.6 Å². The Morgan fingerprint density at radius 2 is 1.88 bits per heavy atom. The zero-order chi connectivity index (χ0) is 13.4. The Morgan fingerprint density at radius 3 is 2.24 bits per heavy atom. The molecule has 0 aromatic rings. The van der Waals surface area contributed by atoms with E-state index < -0.39 is 0 Å². The van der Waals surface area contributed by atoms with Crippen molar-refractivity contribution in [2.75, 3.05) is 26.2 Å². The normalized spacial score (nSPS) is 13.5. The second-order valence-corrected chi connectivity index (χ2v) is 5.29. The fraction of sp³-hybridized carbons (Fsp3) is 0.923. The molecule has 4 heteroatoms. The van der Waals surface area contributed by atoms with E-state index in [9.17, 15) is 4.79 Å². The van der Waals surface area contributed by atoms with Crippen LogP contribution < -0.4 is 11.1 Å². The van der Waals surface area contributed by atoms with Crippen LogP contribution in [-0.2, 0) is 4.79 Å². The minimum Gasteiger partial charge on any atom is -0.353 e. The predicted octanol–water partition coefficient (Wildman–Crippen LogP) is 1.06. The Kier molecular flexibility index (Phi) is 8.17. The summed E-state index contributed by atoms with van der Waals surface area (Å²) in [5.41, 5.74) is 5.76. The molecule has 3 N–H and O–H groups in total. The highest BCUT2D eigenvalue weighted by atomic mass is 16.2.